The maximum Gasteiger partial charge on any atom is 0.227 e. The Kier molecular flexibility index (Phi) is 11.1. The lowest BCUT2D eigenvalue weighted by atomic mass is 9.94. The lowest BCUT2D eigenvalue weighted by Gasteiger charge is -2.38. The standard InChI is InChI=1S/C25H39N3O.2ClH/c1-20-6-2-3-7-22(20)13-17-27-15-11-21(12-16-27)19-28(24-8-4-5-9-24)25(29)23-10-14-26-18-23;;/h2-3,6-7,21,23-24,26H,4-5,8-19H2,1H3;2*1H. The second kappa shape index (κ2) is 13.0. The number of likely N-dealkylation sites (tertiary alicyclic amines) is 1. The first kappa shape index (κ1) is 26.4. The van der Waals surface area contributed by atoms with Crippen LogP contribution in [0.15, 0.2) is 24.3 Å². The third-order valence-corrected chi connectivity index (χ3v) is 7.58. The molecule has 2 saturated heterocycles. The van der Waals surface area contributed by atoms with E-state index < -0.39 is 0 Å². The predicted molar refractivity (Wildman–Crippen MR) is 133 cm³/mol. The number of carbonyl (C=O) groups is 1. The minimum absolute atomic E-state index is 0. The number of halogens is 2. The molecule has 0 radical (unpaired) electrons. The van der Waals surface area contributed by atoms with Crippen LogP contribution in [-0.2, 0) is 11.2 Å². The molecule has 1 amide bonds. The highest BCUT2D eigenvalue weighted by atomic mass is 35.5. The first-order chi connectivity index (χ1) is 14.2. The van der Waals surface area contributed by atoms with Gasteiger partial charge in [0, 0.05) is 25.7 Å². The molecule has 0 bridgehead atoms. The van der Waals surface area contributed by atoms with Gasteiger partial charge in [0.05, 0.1) is 5.92 Å². The van der Waals surface area contributed by atoms with Gasteiger partial charge >= 0.3 is 0 Å². The average molecular weight is 471 g/mol. The van der Waals surface area contributed by atoms with Gasteiger partial charge in [0.15, 0.2) is 0 Å². The van der Waals surface area contributed by atoms with Crippen molar-refractivity contribution in [1.29, 1.82) is 0 Å². The number of amides is 1. The van der Waals surface area contributed by atoms with Crippen molar-refractivity contribution in [3.05, 3.63) is 35.4 Å². The highest BCUT2D eigenvalue weighted by Gasteiger charge is 2.34. The largest absolute Gasteiger partial charge is 0.339 e. The number of benzene rings is 1. The van der Waals surface area contributed by atoms with Crippen molar-refractivity contribution < 1.29 is 4.79 Å². The van der Waals surface area contributed by atoms with E-state index in [4.69, 9.17) is 0 Å². The van der Waals surface area contributed by atoms with Crippen molar-refractivity contribution in [1.82, 2.24) is 15.1 Å². The number of nitrogens with one attached hydrogen (secondary N) is 1. The molecule has 1 aromatic carbocycles. The fraction of sp³-hybridized carbons (Fsp3) is 0.720. The quantitative estimate of drug-likeness (QED) is 0.639. The van der Waals surface area contributed by atoms with Crippen LogP contribution in [0.4, 0.5) is 0 Å². The zero-order valence-corrected chi connectivity index (χ0v) is 20.7. The Balaban J connectivity index is 0.00000171. The van der Waals surface area contributed by atoms with E-state index >= 15 is 0 Å². The van der Waals surface area contributed by atoms with Crippen molar-refractivity contribution in [2.24, 2.45) is 11.8 Å². The fourth-order valence-electron chi connectivity index (χ4n) is 5.57. The molecule has 1 atom stereocenters. The number of hydrogen-bond donors (Lipinski definition) is 1. The maximum atomic E-state index is 13.2. The van der Waals surface area contributed by atoms with Crippen molar-refractivity contribution in [3.63, 3.8) is 0 Å². The van der Waals surface area contributed by atoms with E-state index in [1.54, 1.807) is 0 Å². The molecule has 1 aliphatic carbocycles. The van der Waals surface area contributed by atoms with E-state index in [0.717, 1.165) is 39.0 Å². The van der Waals surface area contributed by atoms with Crippen LogP contribution in [0.25, 0.3) is 0 Å². The summed E-state index contributed by atoms with van der Waals surface area (Å²) in [6.45, 7) is 8.66. The summed E-state index contributed by atoms with van der Waals surface area (Å²) in [5, 5.41) is 3.39. The molecular weight excluding hydrogens is 429 g/mol. The second-order valence-electron chi connectivity index (χ2n) is 9.58. The van der Waals surface area contributed by atoms with Crippen molar-refractivity contribution >= 4 is 30.7 Å². The third-order valence-electron chi connectivity index (χ3n) is 7.58. The number of carbonyl (C=O) groups excluding carboxylic acids is 1. The normalized spacial score (nSPS) is 22.7. The summed E-state index contributed by atoms with van der Waals surface area (Å²) in [6, 6.07) is 9.29. The molecule has 4 rings (SSSR count). The lowest BCUT2D eigenvalue weighted by Crippen LogP contribution is -2.47. The van der Waals surface area contributed by atoms with E-state index in [2.05, 4.69) is 46.3 Å². The van der Waals surface area contributed by atoms with Crippen LogP contribution < -0.4 is 5.32 Å². The molecule has 6 heteroatoms. The number of hydrogen-bond acceptors (Lipinski definition) is 3. The van der Waals surface area contributed by atoms with Crippen molar-refractivity contribution in [2.45, 2.75) is 64.3 Å². The van der Waals surface area contributed by atoms with Crippen molar-refractivity contribution in [3.8, 4) is 0 Å². The van der Waals surface area contributed by atoms with Gasteiger partial charge in [-0.25, -0.2) is 0 Å². The summed E-state index contributed by atoms with van der Waals surface area (Å²) in [5.74, 6) is 1.36. The Morgan fingerprint density at radius 2 is 1.77 bits per heavy atom. The number of rotatable bonds is 7. The van der Waals surface area contributed by atoms with Gasteiger partial charge in [-0.2, -0.15) is 0 Å². The van der Waals surface area contributed by atoms with Crippen LogP contribution in [0.2, 0.25) is 0 Å². The van der Waals surface area contributed by atoms with Crippen molar-refractivity contribution in [2.75, 3.05) is 39.3 Å². The molecule has 1 N–H and O–H groups in total. The molecule has 2 heterocycles. The first-order valence-electron chi connectivity index (χ1n) is 12.0. The molecule has 0 aromatic heterocycles. The van der Waals surface area contributed by atoms with E-state index in [1.807, 2.05) is 0 Å². The molecule has 4 nitrogen and oxygen atoms in total. The van der Waals surface area contributed by atoms with E-state index in [1.165, 1.54) is 62.7 Å². The molecular formula is C25H41Cl2N3O. The Bertz CT molecular complexity index is 666. The van der Waals surface area contributed by atoms with Crippen LogP contribution in [0.5, 0.6) is 0 Å². The topological polar surface area (TPSA) is 35.6 Å². The molecule has 1 saturated carbocycles. The number of nitrogens with zero attached hydrogens (tertiary/aromatic N) is 2. The number of aryl methyl sites for hydroxylation is 1. The summed E-state index contributed by atoms with van der Waals surface area (Å²) < 4.78 is 0. The van der Waals surface area contributed by atoms with E-state index in [9.17, 15) is 4.79 Å². The predicted octanol–water partition coefficient (Wildman–Crippen LogP) is 4.47. The summed E-state index contributed by atoms with van der Waals surface area (Å²) in [4.78, 5) is 18.2. The van der Waals surface area contributed by atoms with Gasteiger partial charge < -0.3 is 15.1 Å². The smallest absolute Gasteiger partial charge is 0.227 e. The van der Waals surface area contributed by atoms with Gasteiger partial charge in [-0.1, -0.05) is 37.1 Å². The summed E-state index contributed by atoms with van der Waals surface area (Å²) in [7, 11) is 0. The molecule has 31 heavy (non-hydrogen) atoms. The average Bonchev–Trinajstić information content (AvgIpc) is 3.46. The lowest BCUT2D eigenvalue weighted by molar-refractivity contribution is -0.138. The maximum absolute atomic E-state index is 13.2. The minimum Gasteiger partial charge on any atom is -0.339 e. The van der Waals surface area contributed by atoms with Gasteiger partial charge in [-0.05, 0) is 82.1 Å². The van der Waals surface area contributed by atoms with Crippen LogP contribution >= 0.6 is 24.8 Å². The molecule has 0 spiro atoms. The minimum atomic E-state index is 0. The first-order valence-corrected chi connectivity index (χ1v) is 12.0. The monoisotopic (exact) mass is 469 g/mol. The molecule has 3 aliphatic rings. The Morgan fingerprint density at radius 3 is 2.42 bits per heavy atom. The van der Waals surface area contributed by atoms with Crippen LogP contribution in [0, 0.1) is 18.8 Å². The Morgan fingerprint density at radius 1 is 1.06 bits per heavy atom. The van der Waals surface area contributed by atoms with Gasteiger partial charge in [-0.3, -0.25) is 4.79 Å². The second-order valence-corrected chi connectivity index (χ2v) is 9.58. The summed E-state index contributed by atoms with van der Waals surface area (Å²) in [6.07, 6.45) is 9.71. The SMILES string of the molecule is Cc1ccccc1CCN1CCC(CN(C(=O)C2CCNC2)C2CCCC2)CC1.Cl.Cl. The van der Waals surface area contributed by atoms with Crippen LogP contribution in [-0.4, -0.2) is 61.0 Å². The Labute approximate surface area is 201 Å². The number of piperidine rings is 1. The molecule has 176 valence electrons. The summed E-state index contributed by atoms with van der Waals surface area (Å²) in [5.41, 5.74) is 2.90. The van der Waals surface area contributed by atoms with Crippen LogP contribution in [0.1, 0.15) is 56.1 Å². The Hall–Kier alpha value is -0.810. The summed E-state index contributed by atoms with van der Waals surface area (Å²) >= 11 is 0. The van der Waals surface area contributed by atoms with Crippen LogP contribution in [0.3, 0.4) is 0 Å². The fourth-order valence-corrected chi connectivity index (χ4v) is 5.57. The van der Waals surface area contributed by atoms with Gasteiger partial charge in [0.1, 0.15) is 0 Å². The molecule has 3 fully saturated rings. The van der Waals surface area contributed by atoms with Gasteiger partial charge in [-0.15, -0.1) is 24.8 Å². The van der Waals surface area contributed by atoms with E-state index in [-0.39, 0.29) is 30.7 Å². The van der Waals surface area contributed by atoms with Gasteiger partial charge in [0.2, 0.25) is 5.91 Å². The molecule has 1 aromatic rings. The van der Waals surface area contributed by atoms with Gasteiger partial charge in [0.25, 0.3) is 0 Å². The third kappa shape index (κ3) is 7.08. The highest BCUT2D eigenvalue weighted by Crippen LogP contribution is 2.29. The van der Waals surface area contributed by atoms with E-state index in [0.29, 0.717) is 17.9 Å². The zero-order valence-electron chi connectivity index (χ0n) is 19.1. The molecule has 1 unspecified atom stereocenters. The highest BCUT2D eigenvalue weighted by molar-refractivity contribution is 5.85. The molecule has 2 aliphatic heterocycles. The zero-order chi connectivity index (χ0) is 20.1.